The van der Waals surface area contributed by atoms with Gasteiger partial charge in [0, 0.05) is 78.3 Å². The molecule has 4 heterocycles. The molecule has 29 nitrogen and oxygen atoms in total. The lowest BCUT2D eigenvalue weighted by atomic mass is 9.98. The first kappa shape index (κ1) is 88.3. The number of morpholine rings is 1. The predicted molar refractivity (Wildman–Crippen MR) is 412 cm³/mol. The van der Waals surface area contributed by atoms with Gasteiger partial charge in [0.1, 0.15) is 71.9 Å². The Kier molecular flexibility index (Phi) is 32.4. The highest BCUT2D eigenvalue weighted by Gasteiger charge is 2.47. The minimum atomic E-state index is -1.78. The number of thioether (sulfide) groups is 1. The molecule has 0 aliphatic carbocycles. The van der Waals surface area contributed by atoms with Crippen molar-refractivity contribution in [1.29, 1.82) is 0 Å². The maximum absolute atomic E-state index is 15.3. The number of likely N-dealkylation sites (N-methyl/N-ethyl adjacent to an activating group) is 3. The van der Waals surface area contributed by atoms with Crippen molar-refractivity contribution in [1.82, 2.24) is 66.6 Å². The van der Waals surface area contributed by atoms with Gasteiger partial charge in [0.15, 0.2) is 17.5 Å². The van der Waals surface area contributed by atoms with E-state index < -0.39 is 186 Å². The molecule has 4 fully saturated rings. The van der Waals surface area contributed by atoms with Crippen LogP contribution in [-0.4, -0.2) is 261 Å². The fourth-order valence-electron chi connectivity index (χ4n) is 14.4. The maximum atomic E-state index is 15.3. The quantitative estimate of drug-likeness (QED) is 0.0820. The molecule has 0 unspecified atom stereocenters. The molecule has 4 aliphatic heterocycles. The van der Waals surface area contributed by atoms with E-state index in [-0.39, 0.29) is 112 Å². The number of hydrogen-bond acceptors (Lipinski definition) is 17. The molecule has 0 aromatic heterocycles. The highest BCUT2D eigenvalue weighted by molar-refractivity contribution is 8.00. The fourth-order valence-corrected chi connectivity index (χ4v) is 15.2. The number of phenolic OH excluding ortho intramolecular Hbond substituents is 2. The van der Waals surface area contributed by atoms with Gasteiger partial charge in [-0.25, -0.2) is 13.2 Å². The Morgan fingerprint density at radius 1 is 0.531 bits per heavy atom. The predicted octanol–water partition coefficient (Wildman–Crippen LogP) is 2.79. The largest absolute Gasteiger partial charge is 0.508 e. The Hall–Kier alpha value is -10.3. The summed E-state index contributed by atoms with van der Waals surface area (Å²) in [6.07, 6.45) is 1.12. The average molecular weight is 1590 g/mol. The van der Waals surface area contributed by atoms with Crippen LogP contribution in [0.15, 0.2) is 91.0 Å². The third kappa shape index (κ3) is 24.4. The number of amides is 13. The summed E-state index contributed by atoms with van der Waals surface area (Å²) in [7, 11) is 3.98. The number of aromatic hydroxyl groups is 2. The number of phenols is 2. The lowest BCUT2D eigenvalue weighted by Gasteiger charge is -2.40. The van der Waals surface area contributed by atoms with Crippen molar-refractivity contribution in [3.63, 3.8) is 0 Å². The summed E-state index contributed by atoms with van der Waals surface area (Å²) in [5.41, 5.74) is 1.33. The first-order valence-electron chi connectivity index (χ1n) is 38.4. The number of nitrogens with one attached hydrogen (secondary N) is 7. The van der Waals surface area contributed by atoms with Crippen LogP contribution in [0.4, 0.5) is 13.2 Å². The van der Waals surface area contributed by atoms with Gasteiger partial charge in [-0.05, 0) is 116 Å². The molecule has 614 valence electrons. The molecule has 4 saturated heterocycles. The summed E-state index contributed by atoms with van der Waals surface area (Å²) < 4.78 is 49.6. The van der Waals surface area contributed by atoms with Crippen molar-refractivity contribution < 1.29 is 90.5 Å². The summed E-state index contributed by atoms with van der Waals surface area (Å²) in [5.74, 6) is -16.0. The minimum Gasteiger partial charge on any atom is -0.508 e. The van der Waals surface area contributed by atoms with Gasteiger partial charge in [0.05, 0.1) is 32.1 Å². The number of carbonyl (C=O) groups excluding carboxylic acids is 13. The third-order valence-electron chi connectivity index (χ3n) is 20.6. The van der Waals surface area contributed by atoms with E-state index >= 15 is 24.0 Å². The first-order chi connectivity index (χ1) is 53.7. The van der Waals surface area contributed by atoms with Crippen molar-refractivity contribution in [2.45, 2.75) is 185 Å². The molecule has 4 aliphatic rings. The number of hydrogen-bond donors (Lipinski definition) is 9. The molecular formula is C80H106F3N13O16S. The zero-order valence-electron chi connectivity index (χ0n) is 65.4. The first-order valence-corrected chi connectivity index (χ1v) is 39.5. The Labute approximate surface area is 660 Å². The van der Waals surface area contributed by atoms with Gasteiger partial charge in [-0.15, -0.1) is 11.8 Å². The minimum absolute atomic E-state index is 0.00139. The van der Waals surface area contributed by atoms with Crippen molar-refractivity contribution >= 4 is 88.6 Å². The normalized spacial score (nSPS) is 25.2. The van der Waals surface area contributed by atoms with Gasteiger partial charge in [-0.2, -0.15) is 0 Å². The van der Waals surface area contributed by atoms with E-state index in [1.807, 2.05) is 20.8 Å². The van der Waals surface area contributed by atoms with Gasteiger partial charge in [0.25, 0.3) is 0 Å². The van der Waals surface area contributed by atoms with E-state index in [1.165, 1.54) is 77.1 Å². The molecule has 0 saturated carbocycles. The zero-order valence-corrected chi connectivity index (χ0v) is 66.2. The van der Waals surface area contributed by atoms with Crippen LogP contribution in [0.3, 0.4) is 0 Å². The van der Waals surface area contributed by atoms with Crippen LogP contribution < -0.4 is 37.2 Å². The van der Waals surface area contributed by atoms with Crippen molar-refractivity contribution in [3.8, 4) is 11.5 Å². The van der Waals surface area contributed by atoms with Gasteiger partial charge in [-0.1, -0.05) is 102 Å². The molecule has 0 radical (unpaired) electrons. The molecule has 9 N–H and O–H groups in total. The molecule has 11 atom stereocenters. The Balaban J connectivity index is 1.12. The van der Waals surface area contributed by atoms with Crippen LogP contribution in [0, 0.1) is 29.3 Å². The second kappa shape index (κ2) is 41.5. The van der Waals surface area contributed by atoms with E-state index in [0.29, 0.717) is 54.5 Å². The number of halogens is 3. The summed E-state index contributed by atoms with van der Waals surface area (Å²) in [6, 6.07) is 7.76. The van der Waals surface area contributed by atoms with Gasteiger partial charge in [-0.3, -0.25) is 62.3 Å². The summed E-state index contributed by atoms with van der Waals surface area (Å²) in [4.78, 5) is 198. The Morgan fingerprint density at radius 3 is 1.69 bits per heavy atom. The summed E-state index contributed by atoms with van der Waals surface area (Å²) in [5, 5.41) is 39.6. The topological polar surface area (TPSA) is 375 Å². The molecule has 4 aromatic rings. The number of ether oxygens (including phenoxy) is 1. The van der Waals surface area contributed by atoms with E-state index in [2.05, 4.69) is 37.2 Å². The standard InChI is InChI=1S/C80H106F3N13O16S/c1-10-11-19-62-78(109)95-31-16-21-63(95)79(110)96-32-33-112-43-65(96)75(106)90-70(47(4)5)80(111)93(9)64(40-49-17-13-12-14-18-49)74(105)89-60(38-51-24-28-54(98)29-25-51)77(108)94-30-15-20-61(94)73(104)84-41-66(99)86-58(37-50-22-26-53(97)27-23-50)72(103)88-57(34-46(2)3)71(102)85-48(6)44-113-45-67(100)87-59(76(107)91(7)42-68(101)92(62)8)39-52-35-55(81)69(83)56(82)36-52/h12-14,17-18,22-29,35-36,46-48,57-65,70,97-98H,10-11,15-16,19-21,30-34,37-45H2,1-9H3,(H,84,104)(H,85,102)(H,86,99)(H,87,100)(H,88,103)(H,89,105)(H,90,106)/t48-,57+,58+,59+,60+,61-,62+,63-,64+,65+,70+/m1/s1. The highest BCUT2D eigenvalue weighted by Crippen LogP contribution is 2.28. The van der Waals surface area contributed by atoms with E-state index in [4.69, 9.17) is 4.74 Å². The molecule has 0 spiro atoms. The number of benzene rings is 4. The van der Waals surface area contributed by atoms with Crippen LogP contribution in [0.5, 0.6) is 11.5 Å². The number of rotatable bonds is 14. The molecular weight excluding hydrogens is 1490 g/mol. The molecule has 4 aromatic carbocycles. The molecule has 113 heavy (non-hydrogen) atoms. The maximum Gasteiger partial charge on any atom is 0.246 e. The smallest absolute Gasteiger partial charge is 0.246 e. The number of unbranched alkanes of at least 4 members (excludes halogenated alkanes) is 1. The van der Waals surface area contributed by atoms with E-state index in [0.717, 1.165) is 21.6 Å². The van der Waals surface area contributed by atoms with E-state index in [1.54, 1.807) is 63.2 Å². The number of carbonyl (C=O) groups is 13. The van der Waals surface area contributed by atoms with Crippen LogP contribution in [0.2, 0.25) is 0 Å². The molecule has 33 heteroatoms. The third-order valence-corrected chi connectivity index (χ3v) is 21.8. The van der Waals surface area contributed by atoms with Gasteiger partial charge in [0.2, 0.25) is 76.8 Å². The highest BCUT2D eigenvalue weighted by atomic mass is 32.2. The van der Waals surface area contributed by atoms with Crippen LogP contribution in [0.25, 0.3) is 0 Å². The fraction of sp³-hybridized carbons (Fsp3) is 0.537. The molecule has 0 bridgehead atoms. The second-order valence-electron chi connectivity index (χ2n) is 30.2. The molecule has 8 rings (SSSR count). The van der Waals surface area contributed by atoms with Crippen molar-refractivity contribution in [2.75, 3.05) is 78.6 Å². The molecule has 13 amide bonds. The van der Waals surface area contributed by atoms with Crippen molar-refractivity contribution in [2.24, 2.45) is 11.8 Å². The summed E-state index contributed by atoms with van der Waals surface area (Å²) >= 11 is 1.01. The van der Waals surface area contributed by atoms with Crippen LogP contribution >= 0.6 is 11.8 Å². The second-order valence-corrected chi connectivity index (χ2v) is 31.2. The SMILES string of the molecule is CCCC[C@H]1C(=O)N2CCC[C@@H]2C(=O)N2CCOC[C@H]2C(=O)N[C@@H](C(C)C)C(=O)N(C)[C@@H](Cc2ccccc2)C(=O)N[C@@H](Cc2ccc(O)cc2)C(=O)N2CCC[C@@H]2C(=O)NCC(=O)N[C@@H](Cc2ccc(O)cc2)C(=O)N[C@@H](CC(C)C)C(=O)N[C@H](C)CSCC(=O)N[C@@H](Cc2cc(F)c(F)c(F)c2)C(=O)N(C)CC(=O)N1C. The lowest BCUT2D eigenvalue weighted by Crippen LogP contribution is -2.64. The lowest BCUT2D eigenvalue weighted by molar-refractivity contribution is -0.157. The van der Waals surface area contributed by atoms with Crippen LogP contribution in [-0.2, 0) is 92.7 Å². The number of nitrogens with zero attached hydrogens (tertiary/aromatic N) is 6. The summed E-state index contributed by atoms with van der Waals surface area (Å²) in [6.45, 7) is 8.74. The van der Waals surface area contributed by atoms with Gasteiger partial charge < -0.3 is 81.6 Å². The average Bonchev–Trinajstić information content (AvgIpc) is 1.32. The Bertz CT molecular complexity index is 4030. The van der Waals surface area contributed by atoms with E-state index in [9.17, 15) is 61.7 Å². The Morgan fingerprint density at radius 2 is 1.08 bits per heavy atom. The van der Waals surface area contributed by atoms with Crippen molar-refractivity contribution in [3.05, 3.63) is 131 Å². The monoisotopic (exact) mass is 1590 g/mol. The zero-order chi connectivity index (χ0) is 82.5. The van der Waals surface area contributed by atoms with Crippen LogP contribution in [0.1, 0.15) is 115 Å². The number of fused-ring (bicyclic) bond motifs is 3. The van der Waals surface area contributed by atoms with Gasteiger partial charge >= 0.3 is 0 Å².